The van der Waals surface area contributed by atoms with Gasteiger partial charge in [-0.15, -0.1) is 0 Å². The van der Waals surface area contributed by atoms with Crippen LogP contribution in [0.4, 0.5) is 0 Å². The van der Waals surface area contributed by atoms with Gasteiger partial charge >= 0.3 is 0 Å². The first-order valence-electron chi connectivity index (χ1n) is 30.2. The molecule has 0 aliphatic carbocycles. The van der Waals surface area contributed by atoms with Crippen LogP contribution in [0.1, 0.15) is 322 Å². The molecule has 0 saturated heterocycles. The van der Waals surface area contributed by atoms with Gasteiger partial charge < -0.3 is 0 Å². The molecule has 0 N–H and O–H groups in total. The van der Waals surface area contributed by atoms with Crippen LogP contribution >= 0.6 is 0 Å². The molecule has 0 aliphatic heterocycles. The lowest BCUT2D eigenvalue weighted by atomic mass is 9.35. The van der Waals surface area contributed by atoms with Gasteiger partial charge in [0.15, 0.2) is 0 Å². The van der Waals surface area contributed by atoms with Gasteiger partial charge in [-0.3, -0.25) is 0 Å². The molecule has 0 rings (SSSR count). The Morgan fingerprint density at radius 1 is 0.222 bits per heavy atom. The van der Waals surface area contributed by atoms with Crippen LogP contribution in [0, 0.1) is 59.2 Å². The van der Waals surface area contributed by atoms with Crippen molar-refractivity contribution in [3.05, 3.63) is 0 Å². The van der Waals surface area contributed by atoms with Crippen LogP contribution in [-0.2, 0) is 0 Å². The summed E-state index contributed by atoms with van der Waals surface area (Å²) in [6.45, 7) is 36.0. The summed E-state index contributed by atoms with van der Waals surface area (Å²) in [5.74, 6) is 10.0. The van der Waals surface area contributed by atoms with Crippen LogP contribution in [0.15, 0.2) is 0 Å². The van der Waals surface area contributed by atoms with E-state index in [2.05, 4.69) is 96.9 Å². The van der Waals surface area contributed by atoms with E-state index in [0.717, 1.165) is 71.7 Å². The quantitative estimate of drug-likeness (QED) is 0.0422. The van der Waals surface area contributed by atoms with Crippen molar-refractivity contribution in [2.24, 2.45) is 59.2 Å². The van der Waals surface area contributed by atoms with E-state index in [9.17, 15) is 0 Å². The van der Waals surface area contributed by atoms with Crippen molar-refractivity contribution in [1.29, 1.82) is 0 Å². The number of hydrogen-bond acceptors (Lipinski definition) is 0. The van der Waals surface area contributed by atoms with Gasteiger partial charge in [0.1, 0.15) is 6.71 Å². The molecule has 0 aliphatic rings. The van der Waals surface area contributed by atoms with E-state index in [4.69, 9.17) is 0 Å². The highest BCUT2D eigenvalue weighted by atomic mass is 14.2. The minimum atomic E-state index is 0.890. The summed E-state index contributed by atoms with van der Waals surface area (Å²) in [4.78, 5) is 0. The normalized spacial score (nSPS) is 17.4. The van der Waals surface area contributed by atoms with E-state index in [1.165, 1.54) is 237 Å². The molecule has 11 atom stereocenters. The third kappa shape index (κ3) is 40.8. The summed E-state index contributed by atoms with van der Waals surface area (Å²) in [5.41, 5.74) is 0. The summed E-state index contributed by atoms with van der Waals surface area (Å²) in [6.07, 6.45) is 53.5. The summed E-state index contributed by atoms with van der Waals surface area (Å²) in [7, 11) is 0. The van der Waals surface area contributed by atoms with Gasteiger partial charge in [-0.25, -0.2) is 0 Å². The Morgan fingerprint density at radius 2 is 0.492 bits per heavy atom. The van der Waals surface area contributed by atoms with Crippen molar-refractivity contribution < 1.29 is 0 Å². The zero-order valence-corrected chi connectivity index (χ0v) is 47.1. The molecule has 0 bridgehead atoms. The molecule has 63 heavy (non-hydrogen) atoms. The smallest absolute Gasteiger partial charge is 0.0737 e. The average Bonchev–Trinajstić information content (AvgIpc) is 3.25. The lowest BCUT2D eigenvalue weighted by Crippen LogP contribution is -2.21. The molecule has 0 aromatic rings. The number of hydrogen-bond donors (Lipinski definition) is 0. The van der Waals surface area contributed by atoms with Crippen LogP contribution < -0.4 is 0 Å². The van der Waals surface area contributed by atoms with Gasteiger partial charge in [0.05, 0.1) is 0 Å². The van der Waals surface area contributed by atoms with E-state index in [1.807, 2.05) is 0 Å². The first-order chi connectivity index (χ1) is 30.2. The molecule has 0 aromatic heterocycles. The van der Waals surface area contributed by atoms with Crippen molar-refractivity contribution in [2.75, 3.05) is 0 Å². The number of rotatable bonds is 48. The number of unbranched alkanes of at least 4 members (excludes halogenated alkanes) is 8. The molecule has 0 nitrogen and oxygen atoms in total. The van der Waals surface area contributed by atoms with Crippen molar-refractivity contribution in [1.82, 2.24) is 0 Å². The minimum Gasteiger partial charge on any atom is -0.0737 e. The van der Waals surface area contributed by atoms with Crippen molar-refractivity contribution >= 4 is 6.71 Å². The average molecular weight is 884 g/mol. The first-order valence-corrected chi connectivity index (χ1v) is 30.2. The van der Waals surface area contributed by atoms with Crippen LogP contribution in [0.3, 0.4) is 0 Å². The standard InChI is InChI=1S/C62H127B/c1-15-18-31-53(5)38-29-39-56(8)41-42-58(10)43-44-59(11)48-50-63(62(14)40-28-27-35-54(6)34-24-22-20-21-23-33-52(4)30-17-3)49-47-57(9)36-25-26-37-60(12)51-61(13)46-45-55(7)32-19-16-2/h52-62H,15-51H2,1-14H3. The SMILES string of the molecule is CCCCC(C)CCCC(C)CCC(C)CCC(C)CCB(CCC(C)CCCCC(C)CC(C)CCC(C)CCCC)C(C)CCCCC(C)CCCCCCCC(C)CCC. The van der Waals surface area contributed by atoms with Gasteiger partial charge in [0, 0.05) is 0 Å². The second-order valence-electron chi connectivity index (χ2n) is 24.8. The van der Waals surface area contributed by atoms with Crippen LogP contribution in [0.2, 0.25) is 18.5 Å². The topological polar surface area (TPSA) is 0 Å². The molecule has 0 fully saturated rings. The second kappa shape index (κ2) is 43.4. The van der Waals surface area contributed by atoms with E-state index >= 15 is 0 Å². The first kappa shape index (κ1) is 63.1. The lowest BCUT2D eigenvalue weighted by molar-refractivity contribution is 0.332. The monoisotopic (exact) mass is 883 g/mol. The lowest BCUT2D eigenvalue weighted by Gasteiger charge is -2.25. The predicted molar refractivity (Wildman–Crippen MR) is 295 cm³/mol. The highest BCUT2D eigenvalue weighted by Crippen LogP contribution is 2.32. The Hall–Kier alpha value is 0.0649. The Balaban J connectivity index is 4.79. The molecule has 1 heteroatoms. The van der Waals surface area contributed by atoms with E-state index < -0.39 is 0 Å². The zero-order chi connectivity index (χ0) is 47.1. The molecule has 0 saturated carbocycles. The van der Waals surface area contributed by atoms with Gasteiger partial charge in [0.2, 0.25) is 0 Å². The van der Waals surface area contributed by atoms with Gasteiger partial charge in [-0.1, -0.05) is 334 Å². The highest BCUT2D eigenvalue weighted by molar-refractivity contribution is 6.60. The predicted octanol–water partition coefficient (Wildman–Crippen LogP) is 22.9. The minimum absolute atomic E-state index is 0.890. The van der Waals surface area contributed by atoms with Crippen molar-refractivity contribution in [3.63, 3.8) is 0 Å². The second-order valence-corrected chi connectivity index (χ2v) is 24.8. The summed E-state index contributed by atoms with van der Waals surface area (Å²) >= 11 is 0. The third-order valence-corrected chi connectivity index (χ3v) is 17.0. The molecular formula is C62H127B. The molecule has 0 radical (unpaired) electrons. The fourth-order valence-corrected chi connectivity index (χ4v) is 11.6. The van der Waals surface area contributed by atoms with E-state index in [-0.39, 0.29) is 0 Å². The molecule has 11 unspecified atom stereocenters. The molecule has 0 heterocycles. The van der Waals surface area contributed by atoms with Crippen molar-refractivity contribution in [2.45, 2.75) is 340 Å². The maximum atomic E-state index is 2.66. The van der Waals surface area contributed by atoms with Gasteiger partial charge in [0.25, 0.3) is 0 Å². The van der Waals surface area contributed by atoms with Gasteiger partial charge in [-0.2, -0.15) is 0 Å². The highest BCUT2D eigenvalue weighted by Gasteiger charge is 2.23. The van der Waals surface area contributed by atoms with Crippen LogP contribution in [0.25, 0.3) is 0 Å². The molecule has 378 valence electrons. The molecular weight excluding hydrogens is 755 g/mol. The fourth-order valence-electron chi connectivity index (χ4n) is 11.6. The molecule has 0 amide bonds. The summed E-state index contributed by atoms with van der Waals surface area (Å²) < 4.78 is 0. The fraction of sp³-hybridized carbons (Fsp3) is 1.00. The maximum absolute atomic E-state index is 2.66. The van der Waals surface area contributed by atoms with Crippen LogP contribution in [0.5, 0.6) is 0 Å². The van der Waals surface area contributed by atoms with Crippen LogP contribution in [-0.4, -0.2) is 6.71 Å². The Bertz CT molecular complexity index is 911. The largest absolute Gasteiger partial charge is 0.142 e. The molecule has 0 aromatic carbocycles. The third-order valence-electron chi connectivity index (χ3n) is 17.0. The maximum Gasteiger partial charge on any atom is 0.142 e. The van der Waals surface area contributed by atoms with Crippen molar-refractivity contribution in [3.8, 4) is 0 Å². The summed E-state index contributed by atoms with van der Waals surface area (Å²) in [5, 5.41) is 0. The molecule has 0 spiro atoms. The Morgan fingerprint density at radius 3 is 0.937 bits per heavy atom. The Labute approximate surface area is 404 Å². The zero-order valence-electron chi connectivity index (χ0n) is 47.1. The van der Waals surface area contributed by atoms with Gasteiger partial charge in [-0.05, 0) is 65.6 Å². The van der Waals surface area contributed by atoms with E-state index in [1.54, 1.807) is 0 Å². The Kier molecular flexibility index (Phi) is 43.4. The van der Waals surface area contributed by atoms with E-state index in [0.29, 0.717) is 0 Å². The summed E-state index contributed by atoms with van der Waals surface area (Å²) in [6, 6.07) is 0.